The van der Waals surface area contributed by atoms with Gasteiger partial charge in [-0.15, -0.1) is 6.42 Å². The molecule has 0 heterocycles. The summed E-state index contributed by atoms with van der Waals surface area (Å²) in [7, 11) is 0. The predicted molar refractivity (Wildman–Crippen MR) is 83.3 cm³/mol. The van der Waals surface area contributed by atoms with Gasteiger partial charge in [-0.25, -0.2) is 9.59 Å². The van der Waals surface area contributed by atoms with Crippen molar-refractivity contribution in [1.82, 2.24) is 4.90 Å². The number of amides is 2. The van der Waals surface area contributed by atoms with E-state index in [2.05, 4.69) is 27.2 Å². The van der Waals surface area contributed by atoms with E-state index in [1.165, 1.54) is 12.1 Å². The third-order valence-corrected chi connectivity index (χ3v) is 3.60. The molecule has 1 aliphatic rings. The maximum atomic E-state index is 12.2. The van der Waals surface area contributed by atoms with Gasteiger partial charge < -0.3 is 15.3 Å². The van der Waals surface area contributed by atoms with Crippen LogP contribution in [0.2, 0.25) is 0 Å². The predicted octanol–water partition coefficient (Wildman–Crippen LogP) is 3.02. The van der Waals surface area contributed by atoms with Gasteiger partial charge in [0.05, 0.1) is 12.1 Å². The van der Waals surface area contributed by atoms with Gasteiger partial charge in [0.1, 0.15) is 0 Å². The molecule has 0 unspecified atom stereocenters. The van der Waals surface area contributed by atoms with Crippen LogP contribution in [0.15, 0.2) is 22.7 Å². The highest BCUT2D eigenvalue weighted by atomic mass is 79.9. The summed E-state index contributed by atoms with van der Waals surface area (Å²) in [6.07, 6.45) is 7.53. The molecule has 1 saturated carbocycles. The smallest absolute Gasteiger partial charge is 0.335 e. The summed E-state index contributed by atoms with van der Waals surface area (Å²) in [4.78, 5) is 24.8. The summed E-state index contributed by atoms with van der Waals surface area (Å²) in [6.45, 7) is 0.873. The summed E-state index contributed by atoms with van der Waals surface area (Å²) in [5.74, 6) is 1.95. The van der Waals surface area contributed by atoms with Gasteiger partial charge in [0.2, 0.25) is 0 Å². The number of carboxylic acid groups (broad SMARTS) is 1. The molecule has 1 aromatic rings. The number of halogens is 1. The lowest BCUT2D eigenvalue weighted by Crippen LogP contribution is -2.36. The molecule has 2 N–H and O–H groups in total. The van der Waals surface area contributed by atoms with Crippen molar-refractivity contribution in [2.24, 2.45) is 5.92 Å². The second-order valence-electron chi connectivity index (χ2n) is 4.99. The van der Waals surface area contributed by atoms with Gasteiger partial charge >= 0.3 is 12.0 Å². The van der Waals surface area contributed by atoms with Crippen molar-refractivity contribution >= 4 is 33.6 Å². The fourth-order valence-corrected chi connectivity index (χ4v) is 2.42. The number of nitrogens with one attached hydrogen (secondary N) is 1. The van der Waals surface area contributed by atoms with E-state index in [0.717, 1.165) is 12.8 Å². The lowest BCUT2D eigenvalue weighted by molar-refractivity contribution is 0.0697. The summed E-state index contributed by atoms with van der Waals surface area (Å²) in [6, 6.07) is 4.22. The zero-order chi connectivity index (χ0) is 15.4. The number of carboxylic acids is 1. The number of aromatic carboxylic acids is 1. The molecular weight excluding hydrogens is 336 g/mol. The summed E-state index contributed by atoms with van der Waals surface area (Å²) in [5, 5.41) is 11.7. The molecule has 110 valence electrons. The first-order valence-electron chi connectivity index (χ1n) is 6.53. The molecule has 1 aliphatic carbocycles. The maximum Gasteiger partial charge on any atom is 0.335 e. The highest BCUT2D eigenvalue weighted by Gasteiger charge is 2.26. The highest BCUT2D eigenvalue weighted by Crippen LogP contribution is 2.30. The maximum absolute atomic E-state index is 12.2. The number of carbonyl (C=O) groups excluding carboxylic acids is 1. The third-order valence-electron chi connectivity index (χ3n) is 3.14. The SMILES string of the molecule is C#CCN(CC1CC1)C(=O)Nc1cc(Br)cc(C(=O)O)c1. The van der Waals surface area contributed by atoms with Crippen LogP contribution in [0, 0.1) is 18.3 Å². The van der Waals surface area contributed by atoms with E-state index in [4.69, 9.17) is 11.5 Å². The van der Waals surface area contributed by atoms with E-state index >= 15 is 0 Å². The molecule has 1 aromatic carbocycles. The highest BCUT2D eigenvalue weighted by molar-refractivity contribution is 9.10. The second-order valence-corrected chi connectivity index (χ2v) is 5.91. The summed E-state index contributed by atoms with van der Waals surface area (Å²) < 4.78 is 0.586. The Morgan fingerprint density at radius 2 is 2.14 bits per heavy atom. The minimum atomic E-state index is -1.05. The van der Waals surface area contributed by atoms with Crippen molar-refractivity contribution in [3.05, 3.63) is 28.2 Å². The Bertz CT molecular complexity index is 605. The van der Waals surface area contributed by atoms with Crippen LogP contribution in [0.5, 0.6) is 0 Å². The minimum Gasteiger partial charge on any atom is -0.478 e. The van der Waals surface area contributed by atoms with Crippen molar-refractivity contribution in [3.63, 3.8) is 0 Å². The van der Waals surface area contributed by atoms with Crippen LogP contribution in [0.25, 0.3) is 0 Å². The average molecular weight is 351 g/mol. The Morgan fingerprint density at radius 3 is 2.71 bits per heavy atom. The van der Waals surface area contributed by atoms with Gasteiger partial charge in [-0.1, -0.05) is 21.9 Å². The Kier molecular flexibility index (Phi) is 4.86. The van der Waals surface area contributed by atoms with Crippen molar-refractivity contribution in [2.45, 2.75) is 12.8 Å². The number of urea groups is 1. The zero-order valence-electron chi connectivity index (χ0n) is 11.3. The fraction of sp³-hybridized carbons (Fsp3) is 0.333. The number of rotatable bonds is 5. The molecule has 6 heteroatoms. The zero-order valence-corrected chi connectivity index (χ0v) is 12.9. The first kappa shape index (κ1) is 15.4. The fourth-order valence-electron chi connectivity index (χ4n) is 1.93. The largest absolute Gasteiger partial charge is 0.478 e. The van der Waals surface area contributed by atoms with E-state index in [1.807, 2.05) is 0 Å². The van der Waals surface area contributed by atoms with Crippen molar-refractivity contribution in [2.75, 3.05) is 18.4 Å². The van der Waals surface area contributed by atoms with Gasteiger partial charge in [-0.05, 0) is 37.0 Å². The molecular formula is C15H15BrN2O3. The van der Waals surface area contributed by atoms with Crippen LogP contribution in [-0.4, -0.2) is 35.1 Å². The van der Waals surface area contributed by atoms with E-state index in [-0.39, 0.29) is 18.1 Å². The third kappa shape index (κ3) is 4.50. The van der Waals surface area contributed by atoms with Gasteiger partial charge in [0.25, 0.3) is 0 Å². The lowest BCUT2D eigenvalue weighted by atomic mass is 10.2. The number of nitrogens with zero attached hydrogens (tertiary/aromatic N) is 1. The van der Waals surface area contributed by atoms with Crippen LogP contribution in [-0.2, 0) is 0 Å². The van der Waals surface area contributed by atoms with Crippen LogP contribution < -0.4 is 5.32 Å². The molecule has 2 rings (SSSR count). The Balaban J connectivity index is 2.09. The number of terminal acetylenes is 1. The molecule has 0 saturated heterocycles. The minimum absolute atomic E-state index is 0.102. The molecule has 0 aromatic heterocycles. The second kappa shape index (κ2) is 6.64. The number of hydrogen-bond acceptors (Lipinski definition) is 2. The Labute approximate surface area is 131 Å². The first-order chi connectivity index (χ1) is 9.99. The lowest BCUT2D eigenvalue weighted by Gasteiger charge is -2.20. The van der Waals surface area contributed by atoms with E-state index < -0.39 is 5.97 Å². The van der Waals surface area contributed by atoms with Crippen LogP contribution in [0.3, 0.4) is 0 Å². The quantitative estimate of drug-likeness (QED) is 0.802. The molecule has 0 bridgehead atoms. The van der Waals surface area contributed by atoms with Gasteiger partial charge in [0, 0.05) is 16.7 Å². The van der Waals surface area contributed by atoms with Gasteiger partial charge in [-0.3, -0.25) is 0 Å². The standard InChI is InChI=1S/C15H15BrN2O3/c1-2-5-18(9-10-3-4-10)15(21)17-13-7-11(14(19)20)6-12(16)8-13/h1,6-8,10H,3-5,9H2,(H,17,21)(H,19,20). The number of hydrogen-bond donors (Lipinski definition) is 2. The number of anilines is 1. The van der Waals surface area contributed by atoms with Crippen molar-refractivity contribution in [3.8, 4) is 12.3 Å². The molecule has 5 nitrogen and oxygen atoms in total. The summed E-state index contributed by atoms with van der Waals surface area (Å²) in [5.41, 5.74) is 0.523. The first-order valence-corrected chi connectivity index (χ1v) is 7.32. The average Bonchev–Trinajstić information content (AvgIpc) is 3.21. The van der Waals surface area contributed by atoms with Crippen LogP contribution in [0.1, 0.15) is 23.2 Å². The van der Waals surface area contributed by atoms with Crippen LogP contribution >= 0.6 is 15.9 Å². The molecule has 2 amide bonds. The topological polar surface area (TPSA) is 69.6 Å². The van der Waals surface area contributed by atoms with E-state index in [9.17, 15) is 9.59 Å². The van der Waals surface area contributed by atoms with Crippen LogP contribution in [0.4, 0.5) is 10.5 Å². The normalized spacial score (nSPS) is 13.3. The van der Waals surface area contributed by atoms with Crippen molar-refractivity contribution < 1.29 is 14.7 Å². The number of carbonyl (C=O) groups is 2. The molecule has 0 atom stereocenters. The molecule has 0 aliphatic heterocycles. The van der Waals surface area contributed by atoms with E-state index in [1.54, 1.807) is 11.0 Å². The molecule has 0 radical (unpaired) electrons. The monoisotopic (exact) mass is 350 g/mol. The molecule has 1 fully saturated rings. The Morgan fingerprint density at radius 1 is 1.43 bits per heavy atom. The molecule has 0 spiro atoms. The Hall–Kier alpha value is -2.00. The van der Waals surface area contributed by atoms with Crippen molar-refractivity contribution in [1.29, 1.82) is 0 Å². The summed E-state index contributed by atoms with van der Waals surface area (Å²) >= 11 is 3.23. The van der Waals surface area contributed by atoms with Gasteiger partial charge in [0.15, 0.2) is 0 Å². The number of benzene rings is 1. The van der Waals surface area contributed by atoms with E-state index in [0.29, 0.717) is 22.6 Å². The van der Waals surface area contributed by atoms with Gasteiger partial charge in [-0.2, -0.15) is 0 Å². The molecule has 21 heavy (non-hydrogen) atoms.